The number of hydrogen-bond acceptors (Lipinski definition) is 4. The number of benzene rings is 2. The van der Waals surface area contributed by atoms with Gasteiger partial charge in [-0.2, -0.15) is 0 Å². The zero-order valence-electron chi connectivity index (χ0n) is 12.3. The van der Waals surface area contributed by atoms with E-state index in [9.17, 15) is 9.90 Å². The molecule has 1 heterocycles. The second-order valence-electron chi connectivity index (χ2n) is 5.32. The van der Waals surface area contributed by atoms with Crippen LogP contribution in [0.3, 0.4) is 0 Å². The molecule has 0 bridgehead atoms. The molecule has 0 radical (unpaired) electrons. The number of carboxylic acids is 1. The molecule has 0 aliphatic carbocycles. The number of carboxylic acid groups (broad SMARTS) is 1. The number of carbonyl (C=O) groups is 1. The predicted molar refractivity (Wildman–Crippen MR) is 90.8 cm³/mol. The summed E-state index contributed by atoms with van der Waals surface area (Å²) in [7, 11) is 0. The normalized spacial score (nSPS) is 20.4. The smallest absolute Gasteiger partial charge is 0.163 e. The minimum atomic E-state index is -1.01. The van der Waals surface area contributed by atoms with Gasteiger partial charge in [-0.15, -0.1) is 0 Å². The van der Waals surface area contributed by atoms with Crippen molar-refractivity contribution in [2.75, 3.05) is 5.75 Å². The lowest BCUT2D eigenvalue weighted by Crippen LogP contribution is -2.90. The van der Waals surface area contributed by atoms with E-state index in [0.717, 1.165) is 21.3 Å². The second kappa shape index (κ2) is 7.38. The first-order chi connectivity index (χ1) is 11.1. The Kier molecular flexibility index (Phi) is 5.25. The molecule has 120 valence electrons. The average molecular weight is 394 g/mol. The van der Waals surface area contributed by atoms with Gasteiger partial charge in [0.2, 0.25) is 0 Å². The van der Waals surface area contributed by atoms with Crippen molar-refractivity contribution >= 4 is 33.7 Å². The van der Waals surface area contributed by atoms with Gasteiger partial charge in [0.05, 0.1) is 11.3 Å². The Hall–Kier alpha value is -1.50. The van der Waals surface area contributed by atoms with Gasteiger partial charge in [-0.1, -0.05) is 52.0 Å². The van der Waals surface area contributed by atoms with Crippen molar-refractivity contribution < 1.29 is 20.0 Å². The fourth-order valence-corrected chi connectivity index (χ4v) is 4.06. The van der Waals surface area contributed by atoms with Crippen LogP contribution < -0.4 is 15.2 Å². The minimum absolute atomic E-state index is 0.0269. The molecule has 2 aromatic rings. The number of aliphatic carboxylic acids is 1. The lowest BCUT2D eigenvalue weighted by atomic mass is 10.2. The van der Waals surface area contributed by atoms with Gasteiger partial charge in [-0.3, -0.25) is 0 Å². The van der Waals surface area contributed by atoms with Gasteiger partial charge in [0, 0.05) is 4.47 Å². The van der Waals surface area contributed by atoms with Crippen molar-refractivity contribution in [2.45, 2.75) is 18.0 Å². The van der Waals surface area contributed by atoms with E-state index in [2.05, 4.69) is 15.9 Å². The summed E-state index contributed by atoms with van der Waals surface area (Å²) in [6.45, 7) is 0.478. The van der Waals surface area contributed by atoms with Crippen LogP contribution in [-0.4, -0.2) is 17.8 Å². The van der Waals surface area contributed by atoms with Crippen molar-refractivity contribution in [2.24, 2.45) is 0 Å². The number of ether oxygens (including phenoxy) is 1. The highest BCUT2D eigenvalue weighted by Gasteiger charge is 2.32. The molecule has 2 unspecified atom stereocenters. The van der Waals surface area contributed by atoms with Crippen LogP contribution in [0.5, 0.6) is 5.75 Å². The van der Waals surface area contributed by atoms with Gasteiger partial charge in [0.25, 0.3) is 0 Å². The quantitative estimate of drug-likeness (QED) is 0.834. The molecule has 0 spiro atoms. The van der Waals surface area contributed by atoms with Crippen LogP contribution in [0.2, 0.25) is 0 Å². The van der Waals surface area contributed by atoms with Crippen molar-refractivity contribution in [1.29, 1.82) is 0 Å². The van der Waals surface area contributed by atoms with Gasteiger partial charge < -0.3 is 20.0 Å². The maximum Gasteiger partial charge on any atom is 0.163 e. The van der Waals surface area contributed by atoms with Gasteiger partial charge in [-0.25, -0.2) is 0 Å². The van der Waals surface area contributed by atoms with Crippen LogP contribution in [0.25, 0.3) is 0 Å². The predicted octanol–water partition coefficient (Wildman–Crippen LogP) is 1.46. The summed E-state index contributed by atoms with van der Waals surface area (Å²) in [5.41, 5.74) is 2.09. The fourth-order valence-electron chi connectivity index (χ4n) is 2.46. The Bertz CT molecular complexity index is 692. The van der Waals surface area contributed by atoms with Gasteiger partial charge in [0.15, 0.2) is 5.37 Å². The Balaban J connectivity index is 1.71. The van der Waals surface area contributed by atoms with Gasteiger partial charge in [0.1, 0.15) is 24.4 Å². The molecule has 3 rings (SSSR count). The Morgan fingerprint density at radius 1 is 1.26 bits per heavy atom. The fraction of sp³-hybridized carbons (Fsp3) is 0.235. The summed E-state index contributed by atoms with van der Waals surface area (Å²) in [5.74, 6) is 0.338. The van der Waals surface area contributed by atoms with Crippen LogP contribution in [0.4, 0.5) is 0 Å². The molecule has 0 saturated carbocycles. The van der Waals surface area contributed by atoms with E-state index in [1.165, 1.54) is 0 Å². The lowest BCUT2D eigenvalue weighted by Gasteiger charge is -2.15. The summed E-state index contributed by atoms with van der Waals surface area (Å²) in [6, 6.07) is 15.3. The van der Waals surface area contributed by atoms with Crippen LogP contribution in [0.15, 0.2) is 53.0 Å². The highest BCUT2D eigenvalue weighted by Crippen LogP contribution is 2.33. The van der Waals surface area contributed by atoms with Crippen molar-refractivity contribution in [3.8, 4) is 5.75 Å². The standard InChI is InChI=1S/C17H16BrNO3S/c18-12-7-5-11(6-8-12)9-22-15-4-2-1-3-13(15)16-19-14(10-23-16)17(20)21/h1-8,14,16,19H,9-10H2,(H,20,21). The number of nitrogens with two attached hydrogens (primary N) is 1. The topological polar surface area (TPSA) is 66.0 Å². The number of para-hydroxylation sites is 1. The first-order valence-electron chi connectivity index (χ1n) is 7.27. The zero-order valence-corrected chi connectivity index (χ0v) is 14.7. The van der Waals surface area contributed by atoms with E-state index in [1.807, 2.05) is 53.8 Å². The highest BCUT2D eigenvalue weighted by molar-refractivity contribution is 9.10. The number of rotatable bonds is 5. The summed E-state index contributed by atoms with van der Waals surface area (Å²) in [6.07, 6.45) is 0. The average Bonchev–Trinajstić information content (AvgIpc) is 3.05. The summed E-state index contributed by atoms with van der Waals surface area (Å²) >= 11 is 5.02. The Morgan fingerprint density at radius 3 is 2.70 bits per heavy atom. The highest BCUT2D eigenvalue weighted by atomic mass is 79.9. The molecule has 0 amide bonds. The molecule has 1 aliphatic rings. The summed E-state index contributed by atoms with van der Waals surface area (Å²) < 4.78 is 6.99. The summed E-state index contributed by atoms with van der Waals surface area (Å²) in [4.78, 5) is 11.0. The maximum atomic E-state index is 11.0. The van der Waals surface area contributed by atoms with Crippen LogP contribution in [0.1, 0.15) is 16.5 Å². The first kappa shape index (κ1) is 16.4. The van der Waals surface area contributed by atoms with Crippen molar-refractivity contribution in [3.05, 3.63) is 64.1 Å². The number of quaternary nitrogens is 1. The third-order valence-corrected chi connectivity index (χ3v) is 5.55. The number of carbonyl (C=O) groups excluding carboxylic acids is 1. The van der Waals surface area contributed by atoms with Gasteiger partial charge in [-0.05, 0) is 29.8 Å². The molecule has 2 N–H and O–H groups in total. The zero-order chi connectivity index (χ0) is 16.2. The molecule has 0 aromatic heterocycles. The van der Waals surface area contributed by atoms with Crippen LogP contribution in [0, 0.1) is 0 Å². The Morgan fingerprint density at radius 2 is 2.00 bits per heavy atom. The molecular weight excluding hydrogens is 378 g/mol. The maximum absolute atomic E-state index is 11.0. The van der Waals surface area contributed by atoms with E-state index < -0.39 is 12.0 Å². The molecule has 1 fully saturated rings. The van der Waals surface area contributed by atoms with Crippen LogP contribution in [-0.2, 0) is 11.4 Å². The molecule has 1 aliphatic heterocycles. The molecule has 1 saturated heterocycles. The van der Waals surface area contributed by atoms with Crippen LogP contribution >= 0.6 is 27.7 Å². The van der Waals surface area contributed by atoms with Crippen molar-refractivity contribution in [1.82, 2.24) is 0 Å². The molecule has 4 nitrogen and oxygen atoms in total. The first-order valence-corrected chi connectivity index (χ1v) is 9.11. The Labute approximate surface area is 147 Å². The minimum Gasteiger partial charge on any atom is -0.544 e. The molecular formula is C17H16BrNO3S. The van der Waals surface area contributed by atoms with Crippen molar-refractivity contribution in [3.63, 3.8) is 0 Å². The number of hydrogen-bond donors (Lipinski definition) is 1. The number of halogens is 1. The lowest BCUT2D eigenvalue weighted by molar-refractivity contribution is -0.690. The largest absolute Gasteiger partial charge is 0.544 e. The van der Waals surface area contributed by atoms with E-state index in [4.69, 9.17) is 4.74 Å². The number of thioether (sulfide) groups is 1. The third kappa shape index (κ3) is 4.07. The monoisotopic (exact) mass is 393 g/mol. The van der Waals surface area contributed by atoms with E-state index >= 15 is 0 Å². The molecule has 2 aromatic carbocycles. The summed E-state index contributed by atoms with van der Waals surface area (Å²) in [5, 5.41) is 12.9. The molecule has 6 heteroatoms. The molecule has 23 heavy (non-hydrogen) atoms. The SMILES string of the molecule is O=C([O-])C1CSC(c2ccccc2OCc2ccc(Br)cc2)[NH2+]1. The van der Waals surface area contributed by atoms with E-state index in [-0.39, 0.29) is 5.37 Å². The van der Waals surface area contributed by atoms with E-state index in [0.29, 0.717) is 12.4 Å². The van der Waals surface area contributed by atoms with Gasteiger partial charge >= 0.3 is 0 Å². The second-order valence-corrected chi connectivity index (χ2v) is 7.42. The third-order valence-electron chi connectivity index (χ3n) is 3.70. The molecule has 2 atom stereocenters. The van der Waals surface area contributed by atoms with E-state index in [1.54, 1.807) is 11.8 Å².